The third-order valence-electron chi connectivity index (χ3n) is 1.40. The third kappa shape index (κ3) is 1.01. The Balaban J connectivity index is 2.65. The second-order valence-electron chi connectivity index (χ2n) is 2.08. The SMILES string of the molecule is C#CCN1C(=O)CCC1=O. The Hall–Kier alpha value is -1.30. The summed E-state index contributed by atoms with van der Waals surface area (Å²) in [4.78, 5) is 22.7. The van der Waals surface area contributed by atoms with Crippen molar-refractivity contribution < 1.29 is 9.59 Å². The van der Waals surface area contributed by atoms with Crippen LogP contribution in [0.15, 0.2) is 0 Å². The van der Waals surface area contributed by atoms with Gasteiger partial charge in [-0.1, -0.05) is 5.92 Å². The topological polar surface area (TPSA) is 37.4 Å². The molecule has 0 aliphatic carbocycles. The summed E-state index contributed by atoms with van der Waals surface area (Å²) in [6.07, 6.45) is 5.58. The molecule has 0 unspecified atom stereocenters. The van der Waals surface area contributed by atoms with Gasteiger partial charge in [0, 0.05) is 12.8 Å². The molecule has 0 bridgehead atoms. The van der Waals surface area contributed by atoms with Gasteiger partial charge in [0.05, 0.1) is 6.54 Å². The number of terminal acetylenes is 1. The van der Waals surface area contributed by atoms with Gasteiger partial charge in [-0.3, -0.25) is 14.5 Å². The molecule has 0 aromatic rings. The molecule has 10 heavy (non-hydrogen) atoms. The molecule has 0 aromatic heterocycles. The maximum atomic E-state index is 10.8. The summed E-state index contributed by atoms with van der Waals surface area (Å²) in [5, 5.41) is 0. The lowest BCUT2D eigenvalue weighted by Gasteiger charge is -2.07. The van der Waals surface area contributed by atoms with Gasteiger partial charge in [-0.2, -0.15) is 0 Å². The lowest BCUT2D eigenvalue weighted by Crippen LogP contribution is -2.29. The van der Waals surface area contributed by atoms with Gasteiger partial charge in [0.15, 0.2) is 0 Å². The first-order chi connectivity index (χ1) is 4.75. The highest BCUT2D eigenvalue weighted by atomic mass is 16.2. The summed E-state index contributed by atoms with van der Waals surface area (Å²) in [7, 11) is 0. The van der Waals surface area contributed by atoms with Crippen molar-refractivity contribution in [1.29, 1.82) is 0 Å². The minimum atomic E-state index is -0.150. The van der Waals surface area contributed by atoms with Gasteiger partial charge in [0.1, 0.15) is 0 Å². The smallest absolute Gasteiger partial charge is 0.230 e. The molecule has 0 spiro atoms. The summed E-state index contributed by atoms with van der Waals surface area (Å²) in [6.45, 7) is 0.123. The van der Waals surface area contributed by atoms with E-state index in [9.17, 15) is 9.59 Å². The largest absolute Gasteiger partial charge is 0.274 e. The highest BCUT2D eigenvalue weighted by Gasteiger charge is 2.27. The lowest BCUT2D eigenvalue weighted by atomic mass is 10.4. The number of carbonyl (C=O) groups is 2. The molecule has 0 N–H and O–H groups in total. The van der Waals surface area contributed by atoms with Crippen molar-refractivity contribution in [2.75, 3.05) is 6.54 Å². The standard InChI is InChI=1S/C7H7NO2/c1-2-5-8-6(9)3-4-7(8)10/h1H,3-5H2. The van der Waals surface area contributed by atoms with Crippen molar-refractivity contribution in [2.24, 2.45) is 0 Å². The van der Waals surface area contributed by atoms with Crippen molar-refractivity contribution in [3.63, 3.8) is 0 Å². The van der Waals surface area contributed by atoms with E-state index >= 15 is 0 Å². The van der Waals surface area contributed by atoms with Crippen molar-refractivity contribution in [3.8, 4) is 12.3 Å². The molecule has 0 saturated carbocycles. The number of amides is 2. The number of hydrogen-bond donors (Lipinski definition) is 0. The predicted octanol–water partition coefficient (Wildman–Crippen LogP) is -0.231. The zero-order valence-corrected chi connectivity index (χ0v) is 5.46. The Morgan fingerprint density at radius 2 is 1.90 bits per heavy atom. The molecule has 3 nitrogen and oxygen atoms in total. The van der Waals surface area contributed by atoms with Crippen molar-refractivity contribution in [1.82, 2.24) is 4.90 Å². The van der Waals surface area contributed by atoms with E-state index in [-0.39, 0.29) is 18.4 Å². The average Bonchev–Trinajstić information content (AvgIpc) is 2.20. The van der Waals surface area contributed by atoms with Crippen LogP contribution >= 0.6 is 0 Å². The van der Waals surface area contributed by atoms with Crippen molar-refractivity contribution >= 4 is 11.8 Å². The van der Waals surface area contributed by atoms with Crippen LogP contribution in [-0.2, 0) is 9.59 Å². The molecule has 1 aliphatic heterocycles. The van der Waals surface area contributed by atoms with Gasteiger partial charge in [0.2, 0.25) is 11.8 Å². The molecule has 0 radical (unpaired) electrons. The number of hydrogen-bond acceptors (Lipinski definition) is 2. The molecular weight excluding hydrogens is 130 g/mol. The number of imide groups is 1. The Labute approximate surface area is 59.0 Å². The Kier molecular flexibility index (Phi) is 1.72. The van der Waals surface area contributed by atoms with Crippen LogP contribution in [0.3, 0.4) is 0 Å². The van der Waals surface area contributed by atoms with Crippen molar-refractivity contribution in [2.45, 2.75) is 12.8 Å². The van der Waals surface area contributed by atoms with Gasteiger partial charge >= 0.3 is 0 Å². The molecule has 3 heteroatoms. The van der Waals surface area contributed by atoms with Crippen LogP contribution in [0.1, 0.15) is 12.8 Å². The molecular formula is C7H7NO2. The van der Waals surface area contributed by atoms with Crippen LogP contribution in [0.5, 0.6) is 0 Å². The monoisotopic (exact) mass is 137 g/mol. The van der Waals surface area contributed by atoms with Gasteiger partial charge in [-0.25, -0.2) is 0 Å². The van der Waals surface area contributed by atoms with E-state index in [1.165, 1.54) is 0 Å². The average molecular weight is 137 g/mol. The normalized spacial score (nSPS) is 17.7. The molecule has 52 valence electrons. The third-order valence-corrected chi connectivity index (χ3v) is 1.40. The van der Waals surface area contributed by atoms with Crippen LogP contribution < -0.4 is 0 Å². The minimum Gasteiger partial charge on any atom is -0.274 e. The van der Waals surface area contributed by atoms with Crippen LogP contribution in [0.4, 0.5) is 0 Å². The number of carbonyl (C=O) groups excluding carboxylic acids is 2. The second-order valence-corrected chi connectivity index (χ2v) is 2.08. The van der Waals surface area contributed by atoms with Crippen LogP contribution in [0, 0.1) is 12.3 Å². The summed E-state index contributed by atoms with van der Waals surface area (Å²) in [5.74, 6) is 1.95. The number of rotatable bonds is 1. The molecule has 1 heterocycles. The Bertz CT molecular complexity index is 198. The molecule has 1 aliphatic rings. The minimum absolute atomic E-state index is 0.123. The summed E-state index contributed by atoms with van der Waals surface area (Å²) >= 11 is 0. The molecule has 1 rings (SSSR count). The fourth-order valence-corrected chi connectivity index (χ4v) is 0.891. The van der Waals surface area contributed by atoms with E-state index in [1.807, 2.05) is 0 Å². The highest BCUT2D eigenvalue weighted by Crippen LogP contribution is 2.09. The molecule has 0 atom stereocenters. The first-order valence-corrected chi connectivity index (χ1v) is 3.02. The fraction of sp³-hybridized carbons (Fsp3) is 0.429. The van der Waals surface area contributed by atoms with Gasteiger partial charge in [0.25, 0.3) is 0 Å². The Morgan fingerprint density at radius 3 is 2.30 bits per heavy atom. The van der Waals surface area contributed by atoms with Gasteiger partial charge < -0.3 is 0 Å². The van der Waals surface area contributed by atoms with E-state index in [0.717, 1.165) is 4.90 Å². The van der Waals surface area contributed by atoms with E-state index in [4.69, 9.17) is 6.42 Å². The van der Waals surface area contributed by atoms with Crippen LogP contribution in [-0.4, -0.2) is 23.3 Å². The number of nitrogens with zero attached hydrogens (tertiary/aromatic N) is 1. The summed E-state index contributed by atoms with van der Waals surface area (Å²) in [5.41, 5.74) is 0. The molecule has 1 fully saturated rings. The molecule has 0 aromatic carbocycles. The first-order valence-electron chi connectivity index (χ1n) is 3.02. The quantitative estimate of drug-likeness (QED) is 0.370. The fourth-order valence-electron chi connectivity index (χ4n) is 0.891. The zero-order chi connectivity index (χ0) is 7.56. The maximum absolute atomic E-state index is 10.8. The van der Waals surface area contributed by atoms with Gasteiger partial charge in [-0.15, -0.1) is 6.42 Å². The highest BCUT2D eigenvalue weighted by molar-refractivity contribution is 6.02. The van der Waals surface area contributed by atoms with Crippen molar-refractivity contribution in [3.05, 3.63) is 0 Å². The number of likely N-dealkylation sites (tertiary alicyclic amines) is 1. The summed E-state index contributed by atoms with van der Waals surface area (Å²) < 4.78 is 0. The first kappa shape index (κ1) is 6.81. The zero-order valence-electron chi connectivity index (χ0n) is 5.46. The summed E-state index contributed by atoms with van der Waals surface area (Å²) in [6, 6.07) is 0. The molecule has 1 saturated heterocycles. The van der Waals surface area contributed by atoms with Crippen LogP contribution in [0.2, 0.25) is 0 Å². The van der Waals surface area contributed by atoms with E-state index in [1.54, 1.807) is 0 Å². The van der Waals surface area contributed by atoms with Gasteiger partial charge in [-0.05, 0) is 0 Å². The van der Waals surface area contributed by atoms with E-state index in [0.29, 0.717) is 12.8 Å². The predicted molar refractivity (Wildman–Crippen MR) is 34.8 cm³/mol. The van der Waals surface area contributed by atoms with E-state index in [2.05, 4.69) is 5.92 Å². The maximum Gasteiger partial charge on any atom is 0.230 e. The lowest BCUT2D eigenvalue weighted by molar-refractivity contribution is -0.137. The van der Waals surface area contributed by atoms with E-state index < -0.39 is 0 Å². The Morgan fingerprint density at radius 1 is 1.40 bits per heavy atom. The second kappa shape index (κ2) is 2.53. The molecule has 2 amide bonds. The van der Waals surface area contributed by atoms with Crippen LogP contribution in [0.25, 0.3) is 0 Å².